The van der Waals surface area contributed by atoms with Gasteiger partial charge in [0.1, 0.15) is 5.75 Å². The summed E-state index contributed by atoms with van der Waals surface area (Å²) >= 11 is 3.39. The van der Waals surface area contributed by atoms with Crippen LogP contribution in [-0.4, -0.2) is 18.7 Å². The van der Waals surface area contributed by atoms with Crippen LogP contribution < -0.4 is 10.2 Å². The highest BCUT2D eigenvalue weighted by atomic mass is 79.9. The average molecular weight is 389 g/mol. The van der Waals surface area contributed by atoms with Crippen molar-refractivity contribution in [1.82, 2.24) is 5.43 Å². The number of nitrogens with one attached hydrogen (secondary N) is 1. The van der Waals surface area contributed by atoms with Crippen molar-refractivity contribution in [3.63, 3.8) is 0 Å². The molecule has 1 amide bonds. The number of rotatable bonds is 5. The third-order valence-corrected chi connectivity index (χ3v) is 4.11. The minimum atomic E-state index is -0.295. The van der Waals surface area contributed by atoms with E-state index in [1.54, 1.807) is 6.21 Å². The summed E-state index contributed by atoms with van der Waals surface area (Å²) in [7, 11) is 0. The molecule has 2 aromatic carbocycles. The van der Waals surface area contributed by atoms with Gasteiger partial charge in [0.25, 0.3) is 5.91 Å². The van der Waals surface area contributed by atoms with Crippen LogP contribution in [0.3, 0.4) is 0 Å². The molecule has 0 atom stereocenters. The van der Waals surface area contributed by atoms with E-state index in [1.165, 1.54) is 5.56 Å². The van der Waals surface area contributed by atoms with E-state index >= 15 is 0 Å². The van der Waals surface area contributed by atoms with Gasteiger partial charge in [-0.1, -0.05) is 33.6 Å². The molecule has 0 unspecified atom stereocenters. The van der Waals surface area contributed by atoms with Gasteiger partial charge in [-0.25, -0.2) is 5.43 Å². The zero-order valence-electron chi connectivity index (χ0n) is 14.3. The van der Waals surface area contributed by atoms with E-state index in [0.717, 1.165) is 26.7 Å². The largest absolute Gasteiger partial charge is 0.483 e. The first kappa shape index (κ1) is 18.2. The molecule has 0 aliphatic heterocycles. The number of hydrazone groups is 1. The molecule has 24 heavy (non-hydrogen) atoms. The maximum atomic E-state index is 11.8. The first-order valence-electron chi connectivity index (χ1n) is 7.65. The van der Waals surface area contributed by atoms with Crippen molar-refractivity contribution in [3.05, 3.63) is 62.6 Å². The van der Waals surface area contributed by atoms with Crippen molar-refractivity contribution < 1.29 is 9.53 Å². The number of carbonyl (C=O) groups excluding carboxylic acids is 1. The molecule has 0 saturated heterocycles. The Balaban J connectivity index is 1.91. The van der Waals surface area contributed by atoms with Gasteiger partial charge in [0, 0.05) is 10.0 Å². The molecule has 0 radical (unpaired) electrons. The number of halogens is 1. The quantitative estimate of drug-likeness (QED) is 0.615. The van der Waals surface area contributed by atoms with Crippen molar-refractivity contribution >= 4 is 28.1 Å². The second-order valence-corrected chi connectivity index (χ2v) is 6.72. The lowest BCUT2D eigenvalue weighted by molar-refractivity contribution is -0.123. The fraction of sp³-hybridized carbons (Fsp3) is 0.263. The van der Waals surface area contributed by atoms with E-state index in [9.17, 15) is 4.79 Å². The van der Waals surface area contributed by atoms with Crippen LogP contribution in [0.15, 0.2) is 39.9 Å². The molecular weight excluding hydrogens is 368 g/mol. The third-order valence-electron chi connectivity index (χ3n) is 3.62. The molecular formula is C19H21BrN2O2. The molecule has 0 bridgehead atoms. The number of hydrogen-bond acceptors (Lipinski definition) is 3. The predicted octanol–water partition coefficient (Wildman–Crippen LogP) is 4.21. The van der Waals surface area contributed by atoms with Crippen molar-refractivity contribution in [2.24, 2.45) is 5.10 Å². The van der Waals surface area contributed by atoms with Gasteiger partial charge in [-0.15, -0.1) is 0 Å². The molecule has 126 valence electrons. The molecule has 0 aromatic heterocycles. The second-order valence-electron chi connectivity index (χ2n) is 5.80. The van der Waals surface area contributed by atoms with Crippen LogP contribution in [-0.2, 0) is 4.79 Å². The third kappa shape index (κ3) is 4.93. The SMILES string of the molecule is Cc1cc(C)c(C=NNC(=O)COc2ccc(Br)cc2C)c(C)c1. The van der Waals surface area contributed by atoms with Crippen LogP contribution in [0, 0.1) is 27.7 Å². The number of amides is 1. The molecule has 2 rings (SSSR count). The minimum Gasteiger partial charge on any atom is -0.483 e. The summed E-state index contributed by atoms with van der Waals surface area (Å²) in [6, 6.07) is 9.83. The Kier molecular flexibility index (Phi) is 6.15. The standard InChI is InChI=1S/C19H21BrN2O2/c1-12-7-13(2)17(14(3)8-12)10-21-22-19(23)11-24-18-6-5-16(20)9-15(18)4/h5-10H,11H2,1-4H3,(H,22,23). The smallest absolute Gasteiger partial charge is 0.277 e. The number of benzene rings is 2. The molecule has 5 heteroatoms. The number of carbonyl (C=O) groups is 1. The first-order valence-corrected chi connectivity index (χ1v) is 8.45. The molecule has 0 saturated carbocycles. The van der Waals surface area contributed by atoms with Crippen LogP contribution >= 0.6 is 15.9 Å². The molecule has 0 fully saturated rings. The Labute approximate surface area is 151 Å². The summed E-state index contributed by atoms with van der Waals surface area (Å²) in [5, 5.41) is 4.03. The van der Waals surface area contributed by atoms with Crippen LogP contribution in [0.5, 0.6) is 5.75 Å². The van der Waals surface area contributed by atoms with Crippen molar-refractivity contribution in [2.45, 2.75) is 27.7 Å². The lowest BCUT2D eigenvalue weighted by Gasteiger charge is -2.09. The van der Waals surface area contributed by atoms with Crippen LogP contribution in [0.4, 0.5) is 0 Å². The number of ether oxygens (including phenoxy) is 1. The molecule has 1 N–H and O–H groups in total. The maximum Gasteiger partial charge on any atom is 0.277 e. The highest BCUT2D eigenvalue weighted by Gasteiger charge is 2.05. The monoisotopic (exact) mass is 388 g/mol. The molecule has 4 nitrogen and oxygen atoms in total. The summed E-state index contributed by atoms with van der Waals surface area (Å²) in [6.45, 7) is 7.97. The Morgan fingerprint density at radius 3 is 2.42 bits per heavy atom. The van der Waals surface area contributed by atoms with Crippen molar-refractivity contribution in [3.8, 4) is 5.75 Å². The molecule has 0 aliphatic carbocycles. The van der Waals surface area contributed by atoms with E-state index in [4.69, 9.17) is 4.74 Å². The summed E-state index contributed by atoms with van der Waals surface area (Å²) in [4.78, 5) is 11.8. The molecule has 0 aliphatic rings. The zero-order chi connectivity index (χ0) is 17.7. The highest BCUT2D eigenvalue weighted by molar-refractivity contribution is 9.10. The van der Waals surface area contributed by atoms with Gasteiger partial charge in [-0.05, 0) is 62.6 Å². The second kappa shape index (κ2) is 8.11. The maximum absolute atomic E-state index is 11.8. The molecule has 2 aromatic rings. The van der Waals surface area contributed by atoms with Gasteiger partial charge >= 0.3 is 0 Å². The number of hydrogen-bond donors (Lipinski definition) is 1. The van der Waals surface area contributed by atoms with Gasteiger partial charge in [0.2, 0.25) is 0 Å². The van der Waals surface area contributed by atoms with Gasteiger partial charge < -0.3 is 4.74 Å². The van der Waals surface area contributed by atoms with Crippen molar-refractivity contribution in [2.75, 3.05) is 6.61 Å². The Bertz CT molecular complexity index is 762. The Morgan fingerprint density at radius 1 is 1.12 bits per heavy atom. The minimum absolute atomic E-state index is 0.0777. The summed E-state index contributed by atoms with van der Waals surface area (Å²) < 4.78 is 6.49. The van der Waals surface area contributed by atoms with Crippen LogP contribution in [0.1, 0.15) is 27.8 Å². The van der Waals surface area contributed by atoms with E-state index in [2.05, 4.69) is 45.5 Å². The van der Waals surface area contributed by atoms with E-state index in [-0.39, 0.29) is 12.5 Å². The zero-order valence-corrected chi connectivity index (χ0v) is 15.9. The fourth-order valence-electron chi connectivity index (χ4n) is 2.51. The van der Waals surface area contributed by atoms with Gasteiger partial charge in [-0.3, -0.25) is 4.79 Å². The van der Waals surface area contributed by atoms with Gasteiger partial charge in [0.15, 0.2) is 6.61 Å². The highest BCUT2D eigenvalue weighted by Crippen LogP contribution is 2.22. The predicted molar refractivity (Wildman–Crippen MR) is 101 cm³/mol. The van der Waals surface area contributed by atoms with Crippen LogP contribution in [0.25, 0.3) is 0 Å². The van der Waals surface area contributed by atoms with E-state index in [0.29, 0.717) is 5.75 Å². The molecule has 0 spiro atoms. The van der Waals surface area contributed by atoms with E-state index in [1.807, 2.05) is 39.0 Å². The lowest BCUT2D eigenvalue weighted by atomic mass is 10.0. The lowest BCUT2D eigenvalue weighted by Crippen LogP contribution is -2.24. The summed E-state index contributed by atoms with van der Waals surface area (Å²) in [5.41, 5.74) is 7.96. The van der Waals surface area contributed by atoms with Crippen LogP contribution in [0.2, 0.25) is 0 Å². The van der Waals surface area contributed by atoms with Crippen molar-refractivity contribution in [1.29, 1.82) is 0 Å². The van der Waals surface area contributed by atoms with Gasteiger partial charge in [-0.2, -0.15) is 5.10 Å². The summed E-state index contributed by atoms with van der Waals surface area (Å²) in [6.07, 6.45) is 1.67. The average Bonchev–Trinajstić information content (AvgIpc) is 2.49. The summed E-state index contributed by atoms with van der Waals surface area (Å²) in [5.74, 6) is 0.388. The normalized spacial score (nSPS) is 10.9. The number of nitrogens with zero attached hydrogens (tertiary/aromatic N) is 1. The topological polar surface area (TPSA) is 50.7 Å². The Hall–Kier alpha value is -2.14. The van der Waals surface area contributed by atoms with E-state index < -0.39 is 0 Å². The number of aryl methyl sites for hydroxylation is 4. The Morgan fingerprint density at radius 2 is 1.79 bits per heavy atom. The molecule has 0 heterocycles. The first-order chi connectivity index (χ1) is 11.4. The fourth-order valence-corrected chi connectivity index (χ4v) is 2.99. The van der Waals surface area contributed by atoms with Gasteiger partial charge in [0.05, 0.1) is 6.21 Å².